The maximum absolute atomic E-state index is 13.4. The molecule has 2 fully saturated rings. The van der Waals surface area contributed by atoms with Gasteiger partial charge in [-0.15, -0.1) is 6.58 Å². The van der Waals surface area contributed by atoms with Crippen LogP contribution in [0.4, 0.5) is 0 Å². The monoisotopic (exact) mass is 524 g/mol. The van der Waals surface area contributed by atoms with E-state index < -0.39 is 11.0 Å². The molecule has 2 aromatic rings. The number of amides is 1. The van der Waals surface area contributed by atoms with Crippen molar-refractivity contribution in [1.29, 1.82) is 0 Å². The van der Waals surface area contributed by atoms with Crippen LogP contribution in [0.5, 0.6) is 5.75 Å². The summed E-state index contributed by atoms with van der Waals surface area (Å²) in [6.45, 7) is 11.2. The molecule has 4 aliphatic rings. The Kier molecular flexibility index (Phi) is 6.11. The van der Waals surface area contributed by atoms with Crippen LogP contribution < -0.4 is 4.74 Å². The predicted molar refractivity (Wildman–Crippen MR) is 149 cm³/mol. The highest BCUT2D eigenvalue weighted by atomic mass is 16.6. The molecule has 5 atom stereocenters. The lowest BCUT2D eigenvalue weighted by Crippen LogP contribution is -2.79. The van der Waals surface area contributed by atoms with Crippen LogP contribution in [0, 0.1) is 25.7 Å². The molecular formula is C33H36N2O4. The van der Waals surface area contributed by atoms with Crippen molar-refractivity contribution in [1.82, 2.24) is 9.80 Å². The highest BCUT2D eigenvalue weighted by Gasteiger charge is 2.75. The van der Waals surface area contributed by atoms with Crippen LogP contribution in [0.15, 0.2) is 49.1 Å². The van der Waals surface area contributed by atoms with Gasteiger partial charge < -0.3 is 14.4 Å². The Morgan fingerprint density at radius 2 is 2.05 bits per heavy atom. The normalized spacial score (nSPS) is 29.8. The van der Waals surface area contributed by atoms with Gasteiger partial charge in [-0.25, -0.2) is 0 Å². The second-order valence-corrected chi connectivity index (χ2v) is 11.6. The summed E-state index contributed by atoms with van der Waals surface area (Å²) >= 11 is 0. The van der Waals surface area contributed by atoms with Gasteiger partial charge >= 0.3 is 5.97 Å². The fourth-order valence-electron chi connectivity index (χ4n) is 7.97. The van der Waals surface area contributed by atoms with Crippen molar-refractivity contribution in [2.24, 2.45) is 0 Å². The Morgan fingerprint density at radius 1 is 1.23 bits per heavy atom. The minimum absolute atomic E-state index is 0.0200. The summed E-state index contributed by atoms with van der Waals surface area (Å²) < 4.78 is 13.3. The number of carbonyl (C=O) groups excluding carboxylic acids is 2. The van der Waals surface area contributed by atoms with Gasteiger partial charge in [0, 0.05) is 44.1 Å². The second-order valence-electron chi connectivity index (χ2n) is 11.6. The highest BCUT2D eigenvalue weighted by Crippen LogP contribution is 2.65. The van der Waals surface area contributed by atoms with E-state index in [0.717, 1.165) is 42.8 Å². The molecule has 39 heavy (non-hydrogen) atoms. The average molecular weight is 525 g/mol. The number of aryl methyl sites for hydroxylation is 2. The van der Waals surface area contributed by atoms with Gasteiger partial charge in [-0.3, -0.25) is 14.5 Å². The fraction of sp³-hybridized carbons (Fsp3) is 0.455. The van der Waals surface area contributed by atoms with Gasteiger partial charge in [0.15, 0.2) is 0 Å². The van der Waals surface area contributed by atoms with Crippen LogP contribution in [0.1, 0.15) is 54.0 Å². The van der Waals surface area contributed by atoms with E-state index in [2.05, 4.69) is 36.3 Å². The predicted octanol–water partition coefficient (Wildman–Crippen LogP) is 4.09. The molecule has 0 radical (unpaired) electrons. The molecule has 6 heteroatoms. The molecule has 0 aromatic heterocycles. The van der Waals surface area contributed by atoms with Crippen molar-refractivity contribution < 1.29 is 19.1 Å². The van der Waals surface area contributed by atoms with E-state index in [-0.39, 0.29) is 30.1 Å². The molecule has 2 aliphatic heterocycles. The summed E-state index contributed by atoms with van der Waals surface area (Å²) in [6.07, 6.45) is 4.50. The quantitative estimate of drug-likeness (QED) is 0.343. The number of rotatable bonds is 4. The number of hydrogen-bond acceptors (Lipinski definition) is 5. The van der Waals surface area contributed by atoms with Crippen LogP contribution in [0.3, 0.4) is 0 Å². The molecule has 0 unspecified atom stereocenters. The number of carbonyl (C=O) groups is 2. The maximum atomic E-state index is 13.4. The van der Waals surface area contributed by atoms with Crippen LogP contribution in [0.2, 0.25) is 0 Å². The first-order valence-corrected chi connectivity index (χ1v) is 13.9. The van der Waals surface area contributed by atoms with E-state index in [4.69, 9.17) is 9.47 Å². The number of likely N-dealkylation sites (N-methyl/N-ethyl adjacent to an activating group) is 1. The van der Waals surface area contributed by atoms with Gasteiger partial charge in [0.1, 0.15) is 17.5 Å². The van der Waals surface area contributed by atoms with Crippen molar-refractivity contribution in [3.63, 3.8) is 0 Å². The molecule has 2 bridgehead atoms. The van der Waals surface area contributed by atoms with E-state index >= 15 is 0 Å². The number of benzene rings is 2. The molecule has 2 aliphatic carbocycles. The Morgan fingerprint density at radius 3 is 2.79 bits per heavy atom. The topological polar surface area (TPSA) is 59.1 Å². The number of ether oxygens (including phenoxy) is 2. The molecule has 202 valence electrons. The Balaban J connectivity index is 1.41. The minimum Gasteiger partial charge on any atom is -0.487 e. The summed E-state index contributed by atoms with van der Waals surface area (Å²) in [5.41, 5.74) is 4.36. The van der Waals surface area contributed by atoms with Crippen LogP contribution in [-0.4, -0.2) is 65.6 Å². The molecule has 2 heterocycles. The number of piperidine rings is 1. The van der Waals surface area contributed by atoms with Crippen LogP contribution in [0.25, 0.3) is 0 Å². The van der Waals surface area contributed by atoms with Crippen molar-refractivity contribution in [3.05, 3.63) is 76.9 Å². The second kappa shape index (κ2) is 9.27. The van der Waals surface area contributed by atoms with Gasteiger partial charge in [0.05, 0.1) is 17.5 Å². The lowest BCUT2D eigenvalue weighted by atomic mass is 9.48. The number of likely N-dealkylation sites (tertiary alicyclic amines) is 1. The van der Waals surface area contributed by atoms with Gasteiger partial charge in [0.2, 0.25) is 0 Å². The zero-order valence-electron chi connectivity index (χ0n) is 23.3. The standard InChI is InChI=1S/C33H36N2O4/c1-6-17-35-18-16-32-30-25-8-7-9-27(30)38-31(32)26(14-15-33(32,28(35)20-25)39-23(4)36)34(5)29(37)13-12-24-11-10-21(2)22(3)19-24/h6-11,19,26,28,31H,1,14-18,20H2,2-5H3/t26-,28-,31+,32+,33-/m1/s1. The lowest BCUT2D eigenvalue weighted by molar-refractivity contribution is -0.222. The van der Waals surface area contributed by atoms with E-state index in [9.17, 15) is 9.59 Å². The summed E-state index contributed by atoms with van der Waals surface area (Å²) in [5, 5.41) is 0. The highest BCUT2D eigenvalue weighted by molar-refractivity contribution is 5.94. The van der Waals surface area contributed by atoms with E-state index in [1.54, 1.807) is 4.90 Å². The van der Waals surface area contributed by atoms with Crippen LogP contribution >= 0.6 is 0 Å². The molecule has 1 saturated carbocycles. The van der Waals surface area contributed by atoms with E-state index in [1.807, 2.05) is 50.4 Å². The largest absolute Gasteiger partial charge is 0.487 e. The Labute approximate surface area is 231 Å². The summed E-state index contributed by atoms with van der Waals surface area (Å²) in [4.78, 5) is 30.3. The molecule has 6 rings (SSSR count). The molecule has 1 spiro atoms. The van der Waals surface area contributed by atoms with Gasteiger partial charge in [0.25, 0.3) is 5.91 Å². The van der Waals surface area contributed by atoms with E-state index in [0.29, 0.717) is 12.8 Å². The molecule has 0 N–H and O–H groups in total. The van der Waals surface area contributed by atoms with Crippen molar-refractivity contribution in [2.45, 2.75) is 75.7 Å². The first-order chi connectivity index (χ1) is 18.7. The summed E-state index contributed by atoms with van der Waals surface area (Å²) in [5.74, 6) is 6.30. The minimum atomic E-state index is -0.726. The average Bonchev–Trinajstić information content (AvgIpc) is 3.25. The zero-order valence-corrected chi connectivity index (χ0v) is 23.3. The first kappa shape index (κ1) is 25.7. The number of hydrogen-bond donors (Lipinski definition) is 0. The molecule has 1 amide bonds. The van der Waals surface area contributed by atoms with Gasteiger partial charge in [-0.2, -0.15) is 0 Å². The fourth-order valence-corrected chi connectivity index (χ4v) is 7.97. The summed E-state index contributed by atoms with van der Waals surface area (Å²) in [7, 11) is 1.83. The zero-order chi connectivity index (χ0) is 27.5. The summed E-state index contributed by atoms with van der Waals surface area (Å²) in [6, 6.07) is 12.1. The Bertz CT molecular complexity index is 1440. The third-order valence-corrected chi connectivity index (χ3v) is 9.73. The molecule has 1 saturated heterocycles. The van der Waals surface area contributed by atoms with Crippen molar-refractivity contribution in [3.8, 4) is 17.6 Å². The van der Waals surface area contributed by atoms with E-state index in [1.165, 1.54) is 23.6 Å². The smallest absolute Gasteiger partial charge is 0.303 e. The third kappa shape index (κ3) is 3.67. The molecule has 6 nitrogen and oxygen atoms in total. The van der Waals surface area contributed by atoms with Crippen molar-refractivity contribution in [2.75, 3.05) is 20.1 Å². The number of nitrogens with zero attached hydrogens (tertiary/aromatic N) is 2. The molecule has 2 aromatic carbocycles. The number of esters is 1. The molecular weight excluding hydrogens is 488 g/mol. The van der Waals surface area contributed by atoms with Gasteiger partial charge in [-0.05, 0) is 74.4 Å². The Hall–Kier alpha value is -3.56. The third-order valence-electron chi connectivity index (χ3n) is 9.73. The lowest BCUT2D eigenvalue weighted by Gasteiger charge is -2.65. The van der Waals surface area contributed by atoms with Crippen molar-refractivity contribution >= 4 is 11.9 Å². The SMILES string of the molecule is C=CCN1CC[C@]23c4c5cccc4O[C@H]2[C@H](N(C)C(=O)C#Cc2ccc(C)c(C)c2)CC[C@@]3(OC(C)=O)[C@H]1C5. The van der Waals surface area contributed by atoms with Gasteiger partial charge in [-0.1, -0.05) is 30.2 Å². The van der Waals surface area contributed by atoms with Crippen LogP contribution in [-0.2, 0) is 26.2 Å². The first-order valence-electron chi connectivity index (χ1n) is 13.9. The maximum Gasteiger partial charge on any atom is 0.303 e.